The van der Waals surface area contributed by atoms with E-state index in [2.05, 4.69) is 15.0 Å². The summed E-state index contributed by atoms with van der Waals surface area (Å²) in [6.07, 6.45) is -1.25. The van der Waals surface area contributed by atoms with E-state index in [0.717, 1.165) is 23.7 Å². The number of ether oxygens (including phenoxy) is 1. The van der Waals surface area contributed by atoms with Crippen molar-refractivity contribution >= 4 is 34.1 Å². The molecule has 0 spiro atoms. The number of nitrogens with one attached hydrogen (secondary N) is 2. The van der Waals surface area contributed by atoms with Crippen LogP contribution in [0, 0.1) is 18.6 Å². The van der Waals surface area contributed by atoms with Crippen LogP contribution in [0.4, 0.5) is 19.5 Å². The molecule has 0 saturated carbocycles. The minimum Gasteiger partial charge on any atom is -0.449 e. The number of amides is 1. The van der Waals surface area contributed by atoms with Crippen molar-refractivity contribution < 1.29 is 23.1 Å². The zero-order valence-electron chi connectivity index (χ0n) is 13.1. The molecule has 128 valence electrons. The molecule has 0 saturated heterocycles. The molecule has 0 unspecified atom stereocenters. The van der Waals surface area contributed by atoms with E-state index >= 15 is 0 Å². The Bertz CT molecular complexity index is 759. The largest absolute Gasteiger partial charge is 0.449 e. The monoisotopic (exact) mass is 355 g/mol. The third kappa shape index (κ3) is 3.67. The van der Waals surface area contributed by atoms with Gasteiger partial charge < -0.3 is 15.4 Å². The predicted molar refractivity (Wildman–Crippen MR) is 86.3 cm³/mol. The number of hydrogen-bond acceptors (Lipinski definition) is 6. The molecular weight excluding hydrogens is 340 g/mol. The molecule has 2 rings (SSSR count). The molecule has 0 radical (unpaired) electrons. The lowest BCUT2D eigenvalue weighted by atomic mass is 10.2. The first-order valence-electron chi connectivity index (χ1n) is 6.95. The molecule has 0 aliphatic rings. The number of rotatable bonds is 5. The maximum Gasteiger partial charge on any atom is 0.343 e. The van der Waals surface area contributed by atoms with Crippen LogP contribution in [0.5, 0.6) is 0 Å². The number of hydrogen-bond donors (Lipinski definition) is 2. The summed E-state index contributed by atoms with van der Waals surface area (Å²) in [5, 5.41) is 5.39. The topological polar surface area (TPSA) is 80.3 Å². The molecule has 0 fully saturated rings. The van der Waals surface area contributed by atoms with Crippen LogP contribution in [0.3, 0.4) is 0 Å². The second-order valence-corrected chi connectivity index (χ2v) is 5.63. The Balaban J connectivity index is 2.09. The highest BCUT2D eigenvalue weighted by Gasteiger charge is 2.25. The van der Waals surface area contributed by atoms with Gasteiger partial charge >= 0.3 is 5.97 Å². The zero-order chi connectivity index (χ0) is 17.9. The van der Waals surface area contributed by atoms with Crippen molar-refractivity contribution in [2.45, 2.75) is 20.0 Å². The molecule has 0 bridgehead atoms. The number of carbonyl (C=O) groups excluding carboxylic acids is 2. The first-order valence-corrected chi connectivity index (χ1v) is 7.72. The highest BCUT2D eigenvalue weighted by molar-refractivity contribution is 7.10. The van der Waals surface area contributed by atoms with E-state index in [0.29, 0.717) is 10.7 Å². The number of aryl methyl sites for hydroxylation is 1. The Morgan fingerprint density at radius 3 is 2.50 bits per heavy atom. The summed E-state index contributed by atoms with van der Waals surface area (Å²) < 4.78 is 36.2. The quantitative estimate of drug-likeness (QED) is 0.806. The van der Waals surface area contributed by atoms with Gasteiger partial charge in [-0.15, -0.1) is 0 Å². The van der Waals surface area contributed by atoms with Crippen molar-refractivity contribution in [2.24, 2.45) is 0 Å². The van der Waals surface area contributed by atoms with E-state index < -0.39 is 35.3 Å². The molecule has 1 aromatic carbocycles. The molecule has 1 amide bonds. The Labute approximate surface area is 141 Å². The van der Waals surface area contributed by atoms with Crippen molar-refractivity contribution in [1.82, 2.24) is 4.37 Å². The van der Waals surface area contributed by atoms with Gasteiger partial charge in [-0.2, -0.15) is 4.37 Å². The summed E-state index contributed by atoms with van der Waals surface area (Å²) in [6, 6.07) is 3.19. The van der Waals surface area contributed by atoms with Gasteiger partial charge in [-0.05, 0) is 37.5 Å². The number of carbonyl (C=O) groups is 2. The maximum atomic E-state index is 13.5. The van der Waals surface area contributed by atoms with Gasteiger partial charge in [0.25, 0.3) is 5.91 Å². The fourth-order valence-corrected chi connectivity index (χ4v) is 2.63. The van der Waals surface area contributed by atoms with E-state index in [9.17, 15) is 18.4 Å². The molecule has 1 atom stereocenters. The Morgan fingerprint density at radius 2 is 1.92 bits per heavy atom. The number of anilines is 2. The summed E-state index contributed by atoms with van der Waals surface area (Å²) in [7, 11) is 1.63. The van der Waals surface area contributed by atoms with Crippen molar-refractivity contribution in [3.8, 4) is 0 Å². The molecule has 1 heterocycles. The molecule has 24 heavy (non-hydrogen) atoms. The van der Waals surface area contributed by atoms with Gasteiger partial charge in [0.1, 0.15) is 27.9 Å². The van der Waals surface area contributed by atoms with Crippen LogP contribution in [0.25, 0.3) is 0 Å². The molecule has 6 nitrogen and oxygen atoms in total. The average Bonchev–Trinajstić information content (AvgIpc) is 2.91. The zero-order valence-corrected chi connectivity index (χ0v) is 14.0. The van der Waals surface area contributed by atoms with Crippen LogP contribution in [-0.2, 0) is 9.53 Å². The van der Waals surface area contributed by atoms with Gasteiger partial charge in [-0.3, -0.25) is 4.79 Å². The summed E-state index contributed by atoms with van der Waals surface area (Å²) in [4.78, 5) is 24.2. The number of benzene rings is 1. The second-order valence-electron chi connectivity index (χ2n) is 4.86. The van der Waals surface area contributed by atoms with Crippen molar-refractivity contribution in [3.05, 3.63) is 41.1 Å². The predicted octanol–water partition coefficient (Wildman–Crippen LogP) is 2.96. The minimum absolute atomic E-state index is 0.222. The second kappa shape index (κ2) is 7.35. The van der Waals surface area contributed by atoms with E-state index in [4.69, 9.17) is 4.74 Å². The normalized spacial score (nSPS) is 11.7. The van der Waals surface area contributed by atoms with E-state index in [-0.39, 0.29) is 5.56 Å². The number of nitrogens with zero attached hydrogens (tertiary/aromatic N) is 1. The Hall–Kier alpha value is -2.55. The van der Waals surface area contributed by atoms with Crippen molar-refractivity contribution in [3.63, 3.8) is 0 Å². The van der Waals surface area contributed by atoms with Crippen LogP contribution in [0.2, 0.25) is 0 Å². The van der Waals surface area contributed by atoms with E-state index in [1.807, 2.05) is 0 Å². The molecule has 0 aliphatic carbocycles. The molecule has 0 aliphatic heterocycles. The number of para-hydroxylation sites is 1. The maximum absolute atomic E-state index is 13.5. The highest BCUT2D eigenvalue weighted by atomic mass is 32.1. The lowest BCUT2D eigenvalue weighted by Gasteiger charge is -2.14. The first-order chi connectivity index (χ1) is 11.3. The van der Waals surface area contributed by atoms with E-state index in [1.165, 1.54) is 13.0 Å². The van der Waals surface area contributed by atoms with Gasteiger partial charge in [0, 0.05) is 7.05 Å². The SMILES string of the molecule is CNc1snc(C)c1C(=O)O[C@@H](C)C(=O)Nc1c(F)cccc1F. The van der Waals surface area contributed by atoms with Crippen LogP contribution < -0.4 is 10.6 Å². The first kappa shape index (κ1) is 17.8. The number of aromatic nitrogens is 1. The molecule has 2 N–H and O–H groups in total. The fraction of sp³-hybridized carbons (Fsp3) is 0.267. The van der Waals surface area contributed by atoms with Crippen LogP contribution in [0.15, 0.2) is 18.2 Å². The lowest BCUT2D eigenvalue weighted by molar-refractivity contribution is -0.123. The average molecular weight is 355 g/mol. The molecule has 9 heteroatoms. The van der Waals surface area contributed by atoms with Gasteiger partial charge in [0.2, 0.25) is 0 Å². The highest BCUT2D eigenvalue weighted by Crippen LogP contribution is 2.25. The Kier molecular flexibility index (Phi) is 5.45. The smallest absolute Gasteiger partial charge is 0.343 e. The van der Waals surface area contributed by atoms with Crippen molar-refractivity contribution in [1.29, 1.82) is 0 Å². The van der Waals surface area contributed by atoms with Gasteiger partial charge in [0.15, 0.2) is 6.10 Å². The fourth-order valence-electron chi connectivity index (χ4n) is 1.90. The van der Waals surface area contributed by atoms with E-state index in [1.54, 1.807) is 14.0 Å². The summed E-state index contributed by atoms with van der Waals surface area (Å²) >= 11 is 1.08. The molecular formula is C15H15F2N3O3S. The lowest BCUT2D eigenvalue weighted by Crippen LogP contribution is -2.30. The summed E-state index contributed by atoms with van der Waals surface area (Å²) in [5.74, 6) is -3.43. The van der Waals surface area contributed by atoms with Crippen molar-refractivity contribution in [2.75, 3.05) is 17.7 Å². The third-order valence-corrected chi connectivity index (χ3v) is 4.11. The molecule has 2 aromatic rings. The minimum atomic E-state index is -1.25. The Morgan fingerprint density at radius 1 is 1.29 bits per heavy atom. The van der Waals surface area contributed by atoms with Gasteiger partial charge in [0.05, 0.1) is 5.69 Å². The standard InChI is InChI=1S/C15H15F2N3O3S/c1-7-11(14(18-3)24-20-7)15(22)23-8(2)13(21)19-12-9(16)5-4-6-10(12)17/h4-6,8,18H,1-3H3,(H,19,21)/t8-/m0/s1. The number of esters is 1. The van der Waals surface area contributed by atoms with Gasteiger partial charge in [-0.25, -0.2) is 13.6 Å². The number of halogens is 2. The van der Waals surface area contributed by atoms with Gasteiger partial charge in [-0.1, -0.05) is 6.07 Å². The van der Waals surface area contributed by atoms with Crippen LogP contribution in [-0.4, -0.2) is 29.4 Å². The third-order valence-electron chi connectivity index (χ3n) is 3.16. The molecule has 1 aromatic heterocycles. The van der Waals surface area contributed by atoms with Crippen LogP contribution in [0.1, 0.15) is 23.0 Å². The summed E-state index contributed by atoms with van der Waals surface area (Å²) in [5.41, 5.74) is 0.0935. The summed E-state index contributed by atoms with van der Waals surface area (Å²) in [6.45, 7) is 2.94. The van der Waals surface area contributed by atoms with Crippen LogP contribution >= 0.6 is 11.5 Å².